The summed E-state index contributed by atoms with van der Waals surface area (Å²) >= 11 is 0. The molecule has 0 aromatic rings. The molecule has 1 heterocycles. The van der Waals surface area contributed by atoms with Gasteiger partial charge in [0.15, 0.2) is 0 Å². The van der Waals surface area contributed by atoms with Crippen molar-refractivity contribution in [1.29, 1.82) is 0 Å². The lowest BCUT2D eigenvalue weighted by molar-refractivity contribution is 0.0510. The third-order valence-electron chi connectivity index (χ3n) is 3.66. The molecule has 1 unspecified atom stereocenters. The number of hydrogen-bond acceptors (Lipinski definition) is 4. The van der Waals surface area contributed by atoms with Gasteiger partial charge in [0.1, 0.15) is 0 Å². The van der Waals surface area contributed by atoms with Gasteiger partial charge < -0.3 is 10.1 Å². The van der Waals surface area contributed by atoms with Crippen molar-refractivity contribution in [2.45, 2.75) is 39.3 Å². The van der Waals surface area contributed by atoms with E-state index in [-0.39, 0.29) is 0 Å². The molecule has 0 amide bonds. The van der Waals surface area contributed by atoms with E-state index in [4.69, 9.17) is 4.74 Å². The smallest absolute Gasteiger partial charge is 0.0628 e. The van der Waals surface area contributed by atoms with Crippen LogP contribution in [-0.4, -0.2) is 74.4 Å². The molecular formula is C14H31N3O. The molecule has 0 aliphatic carbocycles. The maximum Gasteiger partial charge on any atom is 0.0628 e. The van der Waals surface area contributed by atoms with Crippen molar-refractivity contribution in [2.24, 2.45) is 0 Å². The maximum atomic E-state index is 5.27. The fraction of sp³-hybridized carbons (Fsp3) is 1.00. The molecule has 1 saturated heterocycles. The highest BCUT2D eigenvalue weighted by Crippen LogP contribution is 2.15. The van der Waals surface area contributed by atoms with E-state index < -0.39 is 0 Å². The topological polar surface area (TPSA) is 27.7 Å². The molecule has 0 bridgehead atoms. The monoisotopic (exact) mass is 257 g/mol. The molecular weight excluding hydrogens is 226 g/mol. The number of hydrogen-bond donors (Lipinski definition) is 1. The van der Waals surface area contributed by atoms with Gasteiger partial charge in [-0.2, -0.15) is 0 Å². The van der Waals surface area contributed by atoms with E-state index in [0.29, 0.717) is 11.6 Å². The second kappa shape index (κ2) is 7.43. The van der Waals surface area contributed by atoms with Crippen LogP contribution in [0.1, 0.15) is 27.7 Å². The molecule has 4 nitrogen and oxygen atoms in total. The highest BCUT2D eigenvalue weighted by molar-refractivity contribution is 4.83. The van der Waals surface area contributed by atoms with Crippen molar-refractivity contribution < 1.29 is 4.74 Å². The van der Waals surface area contributed by atoms with Crippen LogP contribution in [0, 0.1) is 0 Å². The molecule has 0 saturated carbocycles. The Kier molecular flexibility index (Phi) is 6.57. The number of rotatable bonds is 6. The first kappa shape index (κ1) is 15.9. The van der Waals surface area contributed by atoms with Gasteiger partial charge >= 0.3 is 0 Å². The van der Waals surface area contributed by atoms with Crippen molar-refractivity contribution in [3.8, 4) is 0 Å². The molecule has 108 valence electrons. The highest BCUT2D eigenvalue weighted by atomic mass is 16.5. The van der Waals surface area contributed by atoms with Gasteiger partial charge in [-0.25, -0.2) is 0 Å². The van der Waals surface area contributed by atoms with Gasteiger partial charge in [0.25, 0.3) is 0 Å². The van der Waals surface area contributed by atoms with Crippen molar-refractivity contribution in [3.63, 3.8) is 0 Å². The summed E-state index contributed by atoms with van der Waals surface area (Å²) in [7, 11) is 1.78. The van der Waals surface area contributed by atoms with Gasteiger partial charge in [-0.3, -0.25) is 9.80 Å². The Morgan fingerprint density at radius 2 is 1.78 bits per heavy atom. The minimum absolute atomic E-state index is 0.305. The Labute approximate surface area is 113 Å². The van der Waals surface area contributed by atoms with Crippen molar-refractivity contribution in [2.75, 3.05) is 53.0 Å². The van der Waals surface area contributed by atoms with Gasteiger partial charge in [-0.1, -0.05) is 6.92 Å². The summed E-state index contributed by atoms with van der Waals surface area (Å²) in [5.41, 5.74) is 0.305. The third kappa shape index (κ3) is 5.22. The van der Waals surface area contributed by atoms with E-state index in [1.807, 2.05) is 0 Å². The molecule has 0 aromatic carbocycles. The Morgan fingerprint density at radius 3 is 2.22 bits per heavy atom. The van der Waals surface area contributed by atoms with E-state index in [1.54, 1.807) is 7.11 Å². The average molecular weight is 257 g/mol. The number of piperazine rings is 1. The van der Waals surface area contributed by atoms with Crippen LogP contribution in [0.5, 0.6) is 0 Å². The van der Waals surface area contributed by atoms with Crippen LogP contribution in [-0.2, 0) is 4.74 Å². The molecule has 0 radical (unpaired) electrons. The Balaban J connectivity index is 2.33. The first-order chi connectivity index (χ1) is 8.47. The maximum absolute atomic E-state index is 5.27. The van der Waals surface area contributed by atoms with E-state index in [9.17, 15) is 0 Å². The molecule has 1 aliphatic rings. The van der Waals surface area contributed by atoms with Crippen LogP contribution in [0.4, 0.5) is 0 Å². The quantitative estimate of drug-likeness (QED) is 0.769. The van der Waals surface area contributed by atoms with Crippen LogP contribution in [0.2, 0.25) is 0 Å². The average Bonchev–Trinajstić information content (AvgIpc) is 2.29. The van der Waals surface area contributed by atoms with Crippen LogP contribution < -0.4 is 5.32 Å². The molecule has 0 aromatic heterocycles. The Hall–Kier alpha value is -0.160. The van der Waals surface area contributed by atoms with E-state index in [1.165, 1.54) is 26.2 Å². The molecule has 1 fully saturated rings. The van der Waals surface area contributed by atoms with Gasteiger partial charge in [-0.05, 0) is 27.3 Å². The second-order valence-electron chi connectivity index (χ2n) is 6.17. The van der Waals surface area contributed by atoms with E-state index >= 15 is 0 Å². The van der Waals surface area contributed by atoms with Gasteiger partial charge in [0.2, 0.25) is 0 Å². The largest absolute Gasteiger partial charge is 0.383 e. The van der Waals surface area contributed by atoms with Crippen LogP contribution >= 0.6 is 0 Å². The molecule has 18 heavy (non-hydrogen) atoms. The summed E-state index contributed by atoms with van der Waals surface area (Å²) < 4.78 is 5.27. The number of nitrogens with zero attached hydrogens (tertiary/aromatic N) is 2. The SMILES string of the molecule is CCNC(COC)CN1CCN(C(C)(C)C)CC1. The molecule has 1 aliphatic heterocycles. The zero-order chi connectivity index (χ0) is 13.6. The lowest BCUT2D eigenvalue weighted by Gasteiger charge is -2.43. The minimum Gasteiger partial charge on any atom is -0.383 e. The molecule has 1 rings (SSSR count). The first-order valence-corrected chi connectivity index (χ1v) is 7.17. The molecule has 0 spiro atoms. The molecule has 1 atom stereocenters. The van der Waals surface area contributed by atoms with E-state index in [2.05, 4.69) is 42.8 Å². The normalized spacial score (nSPS) is 21.2. The number of likely N-dealkylation sites (N-methyl/N-ethyl adjacent to an activating group) is 1. The van der Waals surface area contributed by atoms with E-state index in [0.717, 1.165) is 19.7 Å². The lowest BCUT2D eigenvalue weighted by atomic mass is 10.0. The zero-order valence-corrected chi connectivity index (χ0v) is 12.8. The third-order valence-corrected chi connectivity index (χ3v) is 3.66. The van der Waals surface area contributed by atoms with Crippen molar-refractivity contribution >= 4 is 0 Å². The fourth-order valence-electron chi connectivity index (χ4n) is 2.58. The number of ether oxygens (including phenoxy) is 1. The van der Waals surface area contributed by atoms with Crippen molar-refractivity contribution in [3.05, 3.63) is 0 Å². The predicted octanol–water partition coefficient (Wildman–Crippen LogP) is 1.03. The summed E-state index contributed by atoms with van der Waals surface area (Å²) in [6, 6.07) is 0.459. The molecule has 4 heteroatoms. The Bertz CT molecular complexity index is 214. The zero-order valence-electron chi connectivity index (χ0n) is 12.8. The summed E-state index contributed by atoms with van der Waals surface area (Å²) in [6.07, 6.45) is 0. The summed E-state index contributed by atoms with van der Waals surface area (Å²) in [4.78, 5) is 5.12. The standard InChI is InChI=1S/C14H31N3O/c1-6-15-13(12-18-5)11-16-7-9-17(10-8-16)14(2,3)4/h13,15H,6-12H2,1-5H3. The van der Waals surface area contributed by atoms with Crippen LogP contribution in [0.15, 0.2) is 0 Å². The van der Waals surface area contributed by atoms with Crippen LogP contribution in [0.3, 0.4) is 0 Å². The Morgan fingerprint density at radius 1 is 1.17 bits per heavy atom. The summed E-state index contributed by atoms with van der Waals surface area (Å²) in [5.74, 6) is 0. The predicted molar refractivity (Wildman–Crippen MR) is 77.1 cm³/mol. The fourth-order valence-corrected chi connectivity index (χ4v) is 2.58. The molecule has 1 N–H and O–H groups in total. The highest BCUT2D eigenvalue weighted by Gasteiger charge is 2.26. The second-order valence-corrected chi connectivity index (χ2v) is 6.17. The summed E-state index contributed by atoms with van der Waals surface area (Å²) in [5, 5.41) is 3.49. The van der Waals surface area contributed by atoms with Crippen LogP contribution in [0.25, 0.3) is 0 Å². The van der Waals surface area contributed by atoms with Crippen molar-refractivity contribution in [1.82, 2.24) is 15.1 Å². The van der Waals surface area contributed by atoms with Gasteiger partial charge in [0, 0.05) is 51.4 Å². The van der Waals surface area contributed by atoms with Gasteiger partial charge in [-0.15, -0.1) is 0 Å². The first-order valence-electron chi connectivity index (χ1n) is 7.17. The number of methoxy groups -OCH3 is 1. The lowest BCUT2D eigenvalue weighted by Crippen LogP contribution is -2.55. The van der Waals surface area contributed by atoms with Gasteiger partial charge in [0.05, 0.1) is 6.61 Å². The number of nitrogens with one attached hydrogen (secondary N) is 1. The minimum atomic E-state index is 0.305. The summed E-state index contributed by atoms with van der Waals surface area (Å²) in [6.45, 7) is 16.7.